The van der Waals surface area contributed by atoms with E-state index in [9.17, 15) is 4.79 Å². The molecule has 1 rings (SSSR count). The van der Waals surface area contributed by atoms with Crippen LogP contribution in [0.25, 0.3) is 0 Å². The van der Waals surface area contributed by atoms with Crippen molar-refractivity contribution in [2.24, 2.45) is 5.73 Å². The number of primary amides is 1. The van der Waals surface area contributed by atoms with Crippen molar-refractivity contribution < 1.29 is 9.53 Å². The summed E-state index contributed by atoms with van der Waals surface area (Å²) in [5.41, 5.74) is 9.08. The quantitative estimate of drug-likeness (QED) is 0.814. The Morgan fingerprint density at radius 1 is 1.42 bits per heavy atom. The molecule has 0 aliphatic rings. The zero-order valence-corrected chi connectivity index (χ0v) is 12.3. The average molecular weight is 264 g/mol. The fourth-order valence-electron chi connectivity index (χ4n) is 1.99. The first-order valence-electron chi connectivity index (χ1n) is 6.54. The lowest BCUT2D eigenvalue weighted by Gasteiger charge is -2.27. The van der Waals surface area contributed by atoms with Crippen LogP contribution in [0.1, 0.15) is 23.6 Å². The lowest BCUT2D eigenvalue weighted by molar-refractivity contribution is -0.123. The maximum atomic E-state index is 11.4. The van der Waals surface area contributed by atoms with Crippen molar-refractivity contribution in [3.8, 4) is 0 Å². The van der Waals surface area contributed by atoms with E-state index in [0.717, 1.165) is 0 Å². The first-order valence-corrected chi connectivity index (χ1v) is 6.54. The Morgan fingerprint density at radius 2 is 2.11 bits per heavy atom. The van der Waals surface area contributed by atoms with Crippen molar-refractivity contribution in [1.29, 1.82) is 0 Å². The van der Waals surface area contributed by atoms with Gasteiger partial charge < -0.3 is 10.5 Å². The molecule has 0 heterocycles. The van der Waals surface area contributed by atoms with E-state index in [-0.39, 0.29) is 11.9 Å². The van der Waals surface area contributed by atoms with E-state index in [1.165, 1.54) is 16.7 Å². The molecule has 0 bridgehead atoms. The highest BCUT2D eigenvalue weighted by molar-refractivity contribution is 5.79. The van der Waals surface area contributed by atoms with Crippen molar-refractivity contribution in [3.63, 3.8) is 0 Å². The molecule has 0 fully saturated rings. The number of amides is 1. The first-order chi connectivity index (χ1) is 8.95. The van der Waals surface area contributed by atoms with Crippen LogP contribution in [0.2, 0.25) is 0 Å². The number of nitrogens with zero attached hydrogens (tertiary/aromatic N) is 1. The van der Waals surface area contributed by atoms with Gasteiger partial charge in [-0.15, -0.1) is 0 Å². The summed E-state index contributed by atoms with van der Waals surface area (Å²) in [6.45, 7) is 7.97. The van der Waals surface area contributed by atoms with Crippen LogP contribution < -0.4 is 5.73 Å². The molecule has 0 radical (unpaired) electrons. The van der Waals surface area contributed by atoms with Gasteiger partial charge in [-0.1, -0.05) is 23.8 Å². The molecular formula is C15H24N2O2. The number of rotatable bonds is 7. The van der Waals surface area contributed by atoms with Crippen LogP contribution in [0, 0.1) is 13.8 Å². The molecule has 2 N–H and O–H groups in total. The number of aryl methyl sites for hydroxylation is 2. The predicted molar refractivity (Wildman–Crippen MR) is 76.9 cm³/mol. The van der Waals surface area contributed by atoms with E-state index in [2.05, 4.69) is 32.0 Å². The van der Waals surface area contributed by atoms with Crippen LogP contribution >= 0.6 is 0 Å². The van der Waals surface area contributed by atoms with Crippen molar-refractivity contribution in [2.75, 3.05) is 20.3 Å². The van der Waals surface area contributed by atoms with Crippen molar-refractivity contribution in [2.45, 2.75) is 33.4 Å². The fraction of sp³-hybridized carbons (Fsp3) is 0.533. The summed E-state index contributed by atoms with van der Waals surface area (Å²) in [6, 6.07) is 6.06. The molecule has 1 unspecified atom stereocenters. The number of hydrogen-bond donors (Lipinski definition) is 1. The van der Waals surface area contributed by atoms with Crippen molar-refractivity contribution in [3.05, 3.63) is 34.9 Å². The van der Waals surface area contributed by atoms with E-state index >= 15 is 0 Å². The summed E-state index contributed by atoms with van der Waals surface area (Å²) in [6.07, 6.45) is 0. The molecule has 4 heteroatoms. The van der Waals surface area contributed by atoms with Crippen molar-refractivity contribution in [1.82, 2.24) is 4.90 Å². The Labute approximate surface area is 115 Å². The fourth-order valence-corrected chi connectivity index (χ4v) is 1.99. The molecule has 4 nitrogen and oxygen atoms in total. The third-order valence-electron chi connectivity index (χ3n) is 3.42. The maximum absolute atomic E-state index is 11.4. The number of carbonyl (C=O) groups excluding carboxylic acids is 1. The molecule has 0 saturated carbocycles. The summed E-state index contributed by atoms with van der Waals surface area (Å²) < 4.78 is 5.10. The summed E-state index contributed by atoms with van der Waals surface area (Å²) in [5, 5.41) is 0. The molecule has 1 amide bonds. The SMILES string of the molecule is COCCN(Cc1cc(C)ccc1C)C(C)C(N)=O. The Bertz CT molecular complexity index is 432. The lowest BCUT2D eigenvalue weighted by Crippen LogP contribution is -2.43. The zero-order valence-electron chi connectivity index (χ0n) is 12.3. The van der Waals surface area contributed by atoms with Gasteiger partial charge in [-0.2, -0.15) is 0 Å². The lowest BCUT2D eigenvalue weighted by atomic mass is 10.0. The van der Waals surface area contributed by atoms with Crippen LogP contribution in [0.3, 0.4) is 0 Å². The summed E-state index contributed by atoms with van der Waals surface area (Å²) in [4.78, 5) is 13.4. The van der Waals surface area contributed by atoms with Crippen LogP contribution in [-0.2, 0) is 16.1 Å². The molecule has 19 heavy (non-hydrogen) atoms. The second-order valence-corrected chi connectivity index (χ2v) is 4.97. The van der Waals surface area contributed by atoms with Crippen molar-refractivity contribution >= 4 is 5.91 Å². The first kappa shape index (κ1) is 15.7. The number of ether oxygens (including phenoxy) is 1. The van der Waals surface area contributed by atoms with Gasteiger partial charge in [0.25, 0.3) is 0 Å². The van der Waals surface area contributed by atoms with Gasteiger partial charge in [-0.25, -0.2) is 0 Å². The number of methoxy groups -OCH3 is 1. The van der Waals surface area contributed by atoms with E-state index in [4.69, 9.17) is 10.5 Å². The molecule has 0 aliphatic heterocycles. The van der Waals surface area contributed by atoms with Crippen LogP contribution in [-0.4, -0.2) is 37.1 Å². The topological polar surface area (TPSA) is 55.6 Å². The number of carbonyl (C=O) groups is 1. The highest BCUT2D eigenvalue weighted by atomic mass is 16.5. The molecular weight excluding hydrogens is 240 g/mol. The van der Waals surface area contributed by atoms with Crippen LogP contribution in [0.15, 0.2) is 18.2 Å². The number of nitrogens with two attached hydrogens (primary N) is 1. The molecule has 1 aromatic carbocycles. The highest BCUT2D eigenvalue weighted by Crippen LogP contribution is 2.15. The van der Waals surface area contributed by atoms with Gasteiger partial charge in [0.1, 0.15) is 0 Å². The second kappa shape index (κ2) is 7.26. The normalized spacial score (nSPS) is 12.7. The van der Waals surface area contributed by atoms with Gasteiger partial charge in [0.2, 0.25) is 5.91 Å². The maximum Gasteiger partial charge on any atom is 0.234 e. The molecule has 106 valence electrons. The van der Waals surface area contributed by atoms with Gasteiger partial charge >= 0.3 is 0 Å². The molecule has 0 spiro atoms. The van der Waals surface area contributed by atoms with Gasteiger partial charge in [0, 0.05) is 20.2 Å². The minimum atomic E-state index is -0.304. The summed E-state index contributed by atoms with van der Waals surface area (Å²) >= 11 is 0. The standard InChI is InChI=1S/C15H24N2O2/c1-11-5-6-12(2)14(9-11)10-17(7-8-19-4)13(3)15(16)18/h5-6,9,13H,7-8,10H2,1-4H3,(H2,16,18). The molecule has 0 aliphatic carbocycles. The van der Waals surface area contributed by atoms with Crippen LogP contribution in [0.4, 0.5) is 0 Å². The van der Waals surface area contributed by atoms with Gasteiger partial charge in [0.05, 0.1) is 12.6 Å². The predicted octanol–water partition coefficient (Wildman–Crippen LogP) is 1.63. The molecule has 1 atom stereocenters. The van der Waals surface area contributed by atoms with E-state index in [0.29, 0.717) is 19.7 Å². The largest absolute Gasteiger partial charge is 0.383 e. The third-order valence-corrected chi connectivity index (χ3v) is 3.42. The Hall–Kier alpha value is -1.39. The minimum absolute atomic E-state index is 0.296. The smallest absolute Gasteiger partial charge is 0.234 e. The van der Waals surface area contributed by atoms with Gasteiger partial charge in [-0.3, -0.25) is 9.69 Å². The minimum Gasteiger partial charge on any atom is -0.383 e. The monoisotopic (exact) mass is 264 g/mol. The summed E-state index contributed by atoms with van der Waals surface area (Å²) in [7, 11) is 1.66. The van der Waals surface area contributed by atoms with E-state index < -0.39 is 0 Å². The Kier molecular flexibility index (Phi) is 5.99. The van der Waals surface area contributed by atoms with E-state index in [1.54, 1.807) is 7.11 Å². The van der Waals surface area contributed by atoms with Crippen LogP contribution in [0.5, 0.6) is 0 Å². The Morgan fingerprint density at radius 3 is 2.68 bits per heavy atom. The molecule has 1 aromatic rings. The van der Waals surface area contributed by atoms with E-state index in [1.807, 2.05) is 11.8 Å². The summed E-state index contributed by atoms with van der Waals surface area (Å²) in [5.74, 6) is -0.304. The highest BCUT2D eigenvalue weighted by Gasteiger charge is 2.19. The Balaban J connectivity index is 2.86. The second-order valence-electron chi connectivity index (χ2n) is 4.97. The zero-order chi connectivity index (χ0) is 14.4. The number of benzene rings is 1. The van der Waals surface area contributed by atoms with Gasteiger partial charge in [-0.05, 0) is 31.9 Å². The third kappa shape index (κ3) is 4.65. The molecule has 0 saturated heterocycles. The average Bonchev–Trinajstić information content (AvgIpc) is 2.37. The molecule has 0 aromatic heterocycles. The van der Waals surface area contributed by atoms with Gasteiger partial charge in [0.15, 0.2) is 0 Å². The number of hydrogen-bond acceptors (Lipinski definition) is 3.